The summed E-state index contributed by atoms with van der Waals surface area (Å²) in [5, 5.41) is 5.19. The fourth-order valence-corrected chi connectivity index (χ4v) is 3.30. The molecule has 174 valence electrons. The Balaban J connectivity index is 1.88. The van der Waals surface area contributed by atoms with Gasteiger partial charge in [0.05, 0.1) is 18.4 Å². The van der Waals surface area contributed by atoms with Gasteiger partial charge in [0.2, 0.25) is 5.95 Å². The van der Waals surface area contributed by atoms with Crippen molar-refractivity contribution in [3.63, 3.8) is 0 Å². The van der Waals surface area contributed by atoms with E-state index in [9.17, 15) is 22.4 Å². The smallest absolute Gasteiger partial charge is 0.421 e. The first kappa shape index (κ1) is 23.9. The number of hydrogen-bond acceptors (Lipinski definition) is 8. The van der Waals surface area contributed by atoms with Crippen molar-refractivity contribution < 1.29 is 27.1 Å². The summed E-state index contributed by atoms with van der Waals surface area (Å²) in [5.41, 5.74) is -1.14. The van der Waals surface area contributed by atoms with Gasteiger partial charge in [-0.2, -0.15) is 18.2 Å². The number of benzene rings is 1. The Labute approximate surface area is 187 Å². The number of halogens is 4. The number of carbonyl (C=O) groups is 1. The van der Waals surface area contributed by atoms with Crippen LogP contribution in [0.3, 0.4) is 0 Å². The summed E-state index contributed by atoms with van der Waals surface area (Å²) < 4.78 is 61.2. The molecule has 0 aliphatic carbocycles. The first-order chi connectivity index (χ1) is 15.1. The second-order valence-electron chi connectivity index (χ2n) is 6.89. The SMILES string of the molecule is CCNc1nc(Nc2cc(F)c(C(=O)N3CCN(S)CC3)cc2OC)ncc1C(F)(F)F. The van der Waals surface area contributed by atoms with Crippen LogP contribution in [0.25, 0.3) is 0 Å². The van der Waals surface area contributed by atoms with Gasteiger partial charge in [0.1, 0.15) is 22.9 Å². The third-order valence-electron chi connectivity index (χ3n) is 4.75. The van der Waals surface area contributed by atoms with E-state index in [1.807, 2.05) is 0 Å². The zero-order valence-corrected chi connectivity index (χ0v) is 18.2. The van der Waals surface area contributed by atoms with E-state index in [0.717, 1.165) is 6.07 Å². The Hall–Kier alpha value is -2.80. The van der Waals surface area contributed by atoms with E-state index in [1.54, 1.807) is 11.2 Å². The molecular weight excluding hydrogens is 452 g/mol. The first-order valence-corrected chi connectivity index (χ1v) is 10.1. The minimum Gasteiger partial charge on any atom is -0.495 e. The molecule has 0 spiro atoms. The number of alkyl halides is 3. The third-order valence-corrected chi connectivity index (χ3v) is 5.15. The van der Waals surface area contributed by atoms with E-state index in [2.05, 4.69) is 33.4 Å². The van der Waals surface area contributed by atoms with Crippen molar-refractivity contribution in [2.45, 2.75) is 13.1 Å². The quantitative estimate of drug-likeness (QED) is 0.437. The number of aromatic nitrogens is 2. The molecule has 0 atom stereocenters. The molecule has 1 saturated heterocycles. The standard InChI is InChI=1S/C19H22F4N6O2S/c1-3-24-16-12(19(21,22)23)10-25-18(27-16)26-14-9-13(20)11(8-15(14)31-2)17(30)28-4-6-29(32)7-5-28/h8-10,32H,3-7H2,1-2H3,(H2,24,25,26,27). The lowest BCUT2D eigenvalue weighted by atomic mass is 10.1. The van der Waals surface area contributed by atoms with E-state index in [4.69, 9.17) is 4.74 Å². The molecule has 2 heterocycles. The predicted molar refractivity (Wildman–Crippen MR) is 114 cm³/mol. The normalized spacial score (nSPS) is 14.9. The van der Waals surface area contributed by atoms with Crippen LogP contribution >= 0.6 is 12.8 Å². The zero-order chi connectivity index (χ0) is 23.5. The fourth-order valence-electron chi connectivity index (χ4n) is 3.13. The summed E-state index contributed by atoms with van der Waals surface area (Å²) in [7, 11) is 1.32. The molecule has 1 aliphatic heterocycles. The molecule has 2 aromatic rings. The van der Waals surface area contributed by atoms with E-state index >= 15 is 0 Å². The number of piperazine rings is 1. The largest absolute Gasteiger partial charge is 0.495 e. The highest BCUT2D eigenvalue weighted by molar-refractivity contribution is 7.77. The minimum absolute atomic E-state index is 0.0592. The van der Waals surface area contributed by atoms with Crippen LogP contribution in [-0.4, -0.2) is 64.9 Å². The summed E-state index contributed by atoms with van der Waals surface area (Å²) in [6.07, 6.45) is -4.00. The molecule has 1 aliphatic rings. The molecule has 0 unspecified atom stereocenters. The molecule has 1 amide bonds. The van der Waals surface area contributed by atoms with Crippen molar-refractivity contribution in [2.24, 2.45) is 0 Å². The molecule has 0 saturated carbocycles. The number of nitrogens with zero attached hydrogens (tertiary/aromatic N) is 4. The number of carbonyl (C=O) groups excluding carboxylic acids is 1. The molecule has 0 radical (unpaired) electrons. The minimum atomic E-state index is -4.64. The first-order valence-electron chi connectivity index (χ1n) is 9.69. The van der Waals surface area contributed by atoms with Crippen molar-refractivity contribution >= 4 is 36.2 Å². The van der Waals surface area contributed by atoms with E-state index < -0.39 is 29.3 Å². The molecular formula is C19H22F4N6O2S. The van der Waals surface area contributed by atoms with Gasteiger partial charge in [-0.25, -0.2) is 13.7 Å². The third kappa shape index (κ3) is 5.33. The van der Waals surface area contributed by atoms with Crippen LogP contribution in [0.2, 0.25) is 0 Å². The molecule has 8 nitrogen and oxygen atoms in total. The Morgan fingerprint density at radius 3 is 2.53 bits per heavy atom. The number of amides is 1. The van der Waals surface area contributed by atoms with Crippen LogP contribution in [-0.2, 0) is 6.18 Å². The van der Waals surface area contributed by atoms with Crippen LogP contribution in [0.15, 0.2) is 18.3 Å². The van der Waals surface area contributed by atoms with E-state index in [1.165, 1.54) is 18.1 Å². The molecule has 32 heavy (non-hydrogen) atoms. The van der Waals surface area contributed by atoms with E-state index in [0.29, 0.717) is 32.4 Å². The summed E-state index contributed by atoms with van der Waals surface area (Å²) >= 11 is 4.23. The molecule has 3 rings (SSSR count). The van der Waals surface area contributed by atoms with Gasteiger partial charge >= 0.3 is 6.18 Å². The number of hydrogen-bond donors (Lipinski definition) is 3. The topological polar surface area (TPSA) is 82.6 Å². The van der Waals surface area contributed by atoms with Gasteiger partial charge in [-0.3, -0.25) is 4.79 Å². The van der Waals surface area contributed by atoms with Crippen LogP contribution < -0.4 is 15.4 Å². The summed E-state index contributed by atoms with van der Waals surface area (Å²) in [4.78, 5) is 21.8. The van der Waals surface area contributed by atoms with Crippen LogP contribution in [0.4, 0.5) is 35.0 Å². The molecule has 1 aromatic carbocycles. The number of methoxy groups -OCH3 is 1. The van der Waals surface area contributed by atoms with E-state index in [-0.39, 0.29) is 29.5 Å². The number of nitrogens with one attached hydrogen (secondary N) is 2. The van der Waals surface area contributed by atoms with Crippen LogP contribution in [0, 0.1) is 5.82 Å². The second kappa shape index (κ2) is 9.77. The predicted octanol–water partition coefficient (Wildman–Crippen LogP) is 3.42. The lowest BCUT2D eigenvalue weighted by Gasteiger charge is -2.31. The Morgan fingerprint density at radius 1 is 1.25 bits per heavy atom. The van der Waals surface area contributed by atoms with Crippen molar-refractivity contribution in [3.05, 3.63) is 35.3 Å². The lowest BCUT2D eigenvalue weighted by Crippen LogP contribution is -2.45. The lowest BCUT2D eigenvalue weighted by molar-refractivity contribution is -0.137. The number of thiol groups is 1. The van der Waals surface area contributed by atoms with Gasteiger partial charge in [-0.05, 0) is 13.0 Å². The maximum Gasteiger partial charge on any atom is 0.421 e. The summed E-state index contributed by atoms with van der Waals surface area (Å²) in [6.45, 7) is 3.72. The van der Waals surface area contributed by atoms with Gasteiger partial charge < -0.3 is 20.3 Å². The fraction of sp³-hybridized carbons (Fsp3) is 0.421. The average molecular weight is 474 g/mol. The molecule has 1 aromatic heterocycles. The van der Waals surface area contributed by atoms with Crippen LogP contribution in [0.1, 0.15) is 22.8 Å². The van der Waals surface area contributed by atoms with Crippen molar-refractivity contribution in [2.75, 3.05) is 50.5 Å². The highest BCUT2D eigenvalue weighted by Crippen LogP contribution is 2.35. The molecule has 2 N–H and O–H groups in total. The molecule has 0 bridgehead atoms. The van der Waals surface area contributed by atoms with Crippen molar-refractivity contribution in [1.29, 1.82) is 0 Å². The van der Waals surface area contributed by atoms with Gasteiger partial charge in [0, 0.05) is 45.0 Å². The molecule has 1 fully saturated rings. The van der Waals surface area contributed by atoms with Gasteiger partial charge in [0.25, 0.3) is 5.91 Å². The summed E-state index contributed by atoms with van der Waals surface area (Å²) in [5.74, 6) is -1.81. The van der Waals surface area contributed by atoms with Crippen molar-refractivity contribution in [1.82, 2.24) is 19.2 Å². The average Bonchev–Trinajstić information content (AvgIpc) is 2.73. The zero-order valence-electron chi connectivity index (χ0n) is 17.3. The highest BCUT2D eigenvalue weighted by Gasteiger charge is 2.35. The monoisotopic (exact) mass is 474 g/mol. The molecule has 13 heteroatoms. The number of anilines is 3. The maximum absolute atomic E-state index is 14.8. The number of rotatable bonds is 6. The maximum atomic E-state index is 14.8. The van der Waals surface area contributed by atoms with Crippen LogP contribution in [0.5, 0.6) is 5.75 Å². The van der Waals surface area contributed by atoms with Gasteiger partial charge in [-0.1, -0.05) is 12.8 Å². The van der Waals surface area contributed by atoms with Gasteiger partial charge in [-0.15, -0.1) is 0 Å². The Kier molecular flexibility index (Phi) is 7.29. The summed E-state index contributed by atoms with van der Waals surface area (Å²) in [6, 6.07) is 2.26. The Bertz CT molecular complexity index is 983. The highest BCUT2D eigenvalue weighted by atomic mass is 32.1. The number of ether oxygens (including phenoxy) is 1. The second-order valence-corrected chi connectivity index (χ2v) is 7.45. The van der Waals surface area contributed by atoms with Gasteiger partial charge in [0.15, 0.2) is 0 Å². The van der Waals surface area contributed by atoms with Crippen molar-refractivity contribution in [3.8, 4) is 5.75 Å². The Morgan fingerprint density at radius 2 is 1.94 bits per heavy atom.